The molecule has 0 aromatic carbocycles. The van der Waals surface area contributed by atoms with Crippen LogP contribution >= 0.6 is 0 Å². The molecule has 0 bridgehead atoms. The van der Waals surface area contributed by atoms with Crippen molar-refractivity contribution < 1.29 is 14.0 Å². The van der Waals surface area contributed by atoms with E-state index < -0.39 is 0 Å². The summed E-state index contributed by atoms with van der Waals surface area (Å²) in [6, 6.07) is 3.52. The van der Waals surface area contributed by atoms with Crippen LogP contribution in [0.5, 0.6) is 0 Å². The lowest BCUT2D eigenvalue weighted by Crippen LogP contribution is -2.44. The number of furan rings is 1. The van der Waals surface area contributed by atoms with Gasteiger partial charge in [0.25, 0.3) is 5.91 Å². The average Bonchev–Trinajstić information content (AvgIpc) is 3.09. The molecule has 0 radical (unpaired) electrons. The van der Waals surface area contributed by atoms with Gasteiger partial charge >= 0.3 is 0 Å². The average molecular weight is 347 g/mol. The highest BCUT2D eigenvalue weighted by Crippen LogP contribution is 2.21. The van der Waals surface area contributed by atoms with Crippen molar-refractivity contribution in [2.24, 2.45) is 5.92 Å². The third-order valence-corrected chi connectivity index (χ3v) is 4.60. The van der Waals surface area contributed by atoms with Crippen molar-refractivity contribution in [2.75, 3.05) is 32.7 Å². The summed E-state index contributed by atoms with van der Waals surface area (Å²) in [5, 5.41) is 2.70. The zero-order valence-corrected chi connectivity index (χ0v) is 15.3. The van der Waals surface area contributed by atoms with Crippen molar-refractivity contribution in [3.05, 3.63) is 36.3 Å². The summed E-state index contributed by atoms with van der Waals surface area (Å²) in [6.07, 6.45) is 3.58. The van der Waals surface area contributed by atoms with Crippen molar-refractivity contribution in [3.63, 3.8) is 0 Å². The normalized spacial score (nSPS) is 17.9. The molecule has 0 spiro atoms. The number of piperidine rings is 1. The van der Waals surface area contributed by atoms with Gasteiger partial charge in [0.2, 0.25) is 5.91 Å². The van der Waals surface area contributed by atoms with E-state index in [0.29, 0.717) is 18.8 Å². The number of carbonyl (C=O) groups is 2. The minimum Gasteiger partial charge on any atom is -0.455 e. The first kappa shape index (κ1) is 19.2. The van der Waals surface area contributed by atoms with Crippen molar-refractivity contribution >= 4 is 11.8 Å². The Kier molecular flexibility index (Phi) is 7.25. The Morgan fingerprint density at radius 1 is 1.40 bits per heavy atom. The Morgan fingerprint density at radius 3 is 2.84 bits per heavy atom. The van der Waals surface area contributed by atoms with Crippen LogP contribution in [0.15, 0.2) is 29.2 Å². The molecule has 0 aliphatic carbocycles. The van der Waals surface area contributed by atoms with Crippen LogP contribution in [-0.2, 0) is 11.3 Å². The van der Waals surface area contributed by atoms with Crippen LogP contribution in [0, 0.1) is 5.92 Å². The Balaban J connectivity index is 1.92. The van der Waals surface area contributed by atoms with E-state index in [2.05, 4.69) is 16.8 Å². The number of hydrogen-bond acceptors (Lipinski definition) is 4. The Bertz CT molecular complexity index is 592. The van der Waals surface area contributed by atoms with Gasteiger partial charge in [-0.25, -0.2) is 0 Å². The molecule has 6 heteroatoms. The quantitative estimate of drug-likeness (QED) is 0.733. The zero-order valence-electron chi connectivity index (χ0n) is 15.3. The summed E-state index contributed by atoms with van der Waals surface area (Å²) < 4.78 is 5.65. The minimum atomic E-state index is -0.237. The second-order valence-corrected chi connectivity index (χ2v) is 6.35. The fourth-order valence-electron chi connectivity index (χ4n) is 3.25. The van der Waals surface area contributed by atoms with Crippen molar-refractivity contribution in [1.82, 2.24) is 15.1 Å². The van der Waals surface area contributed by atoms with E-state index in [4.69, 9.17) is 4.42 Å². The van der Waals surface area contributed by atoms with Crippen LogP contribution in [0.1, 0.15) is 43.0 Å². The van der Waals surface area contributed by atoms with Gasteiger partial charge in [0.05, 0.1) is 12.5 Å². The van der Waals surface area contributed by atoms with Gasteiger partial charge in [0, 0.05) is 26.2 Å². The molecule has 1 aliphatic heterocycles. The maximum atomic E-state index is 12.6. The molecule has 1 aromatic rings. The van der Waals surface area contributed by atoms with Crippen molar-refractivity contribution in [1.29, 1.82) is 0 Å². The predicted octanol–water partition coefficient (Wildman–Crippen LogP) is 2.28. The fourth-order valence-corrected chi connectivity index (χ4v) is 3.25. The summed E-state index contributed by atoms with van der Waals surface area (Å²) in [5.74, 6) is 1.13. The second kappa shape index (κ2) is 9.42. The van der Waals surface area contributed by atoms with Gasteiger partial charge in [-0.3, -0.25) is 14.5 Å². The highest BCUT2D eigenvalue weighted by atomic mass is 16.4. The van der Waals surface area contributed by atoms with Crippen LogP contribution < -0.4 is 5.32 Å². The molecule has 1 atom stereocenters. The van der Waals surface area contributed by atoms with Crippen LogP contribution in [0.25, 0.3) is 0 Å². The van der Waals surface area contributed by atoms with E-state index in [0.717, 1.165) is 44.8 Å². The highest BCUT2D eigenvalue weighted by Gasteiger charge is 2.28. The highest BCUT2D eigenvalue weighted by molar-refractivity contribution is 5.91. The number of amides is 2. The topological polar surface area (TPSA) is 65.8 Å². The summed E-state index contributed by atoms with van der Waals surface area (Å²) in [4.78, 5) is 28.6. The molecule has 1 saturated heterocycles. The van der Waals surface area contributed by atoms with Crippen LogP contribution in [0.4, 0.5) is 0 Å². The standard InChI is InChI=1S/C19H29N3O3/c1-4-11-20-18(23)17-10-9-16(25-17)14-21-12-7-8-15(13-21)19(24)22(5-2)6-3/h4,9-10,15H,1,5-8,11-14H2,2-3H3,(H,20,23)/t15-/m1/s1. The third-order valence-electron chi connectivity index (χ3n) is 4.60. The van der Waals surface area contributed by atoms with E-state index in [1.807, 2.05) is 24.8 Å². The third kappa shape index (κ3) is 5.19. The molecule has 1 aliphatic rings. The van der Waals surface area contributed by atoms with Gasteiger partial charge in [0.1, 0.15) is 5.76 Å². The summed E-state index contributed by atoms with van der Waals surface area (Å²) in [7, 11) is 0. The van der Waals surface area contributed by atoms with E-state index in [1.165, 1.54) is 0 Å². The molecule has 0 unspecified atom stereocenters. The van der Waals surface area contributed by atoms with Gasteiger partial charge < -0.3 is 14.6 Å². The van der Waals surface area contributed by atoms with Gasteiger partial charge in [-0.1, -0.05) is 6.08 Å². The van der Waals surface area contributed by atoms with E-state index in [9.17, 15) is 9.59 Å². The molecule has 1 aromatic heterocycles. The number of likely N-dealkylation sites (tertiary alicyclic amines) is 1. The van der Waals surface area contributed by atoms with Gasteiger partial charge in [-0.05, 0) is 45.4 Å². The summed E-state index contributed by atoms with van der Waals surface area (Å²) >= 11 is 0. The molecule has 2 amide bonds. The minimum absolute atomic E-state index is 0.0546. The molecule has 0 saturated carbocycles. The van der Waals surface area contributed by atoms with E-state index in [-0.39, 0.29) is 17.7 Å². The molecule has 6 nitrogen and oxygen atoms in total. The molecule has 2 rings (SSSR count). The first-order valence-electron chi connectivity index (χ1n) is 9.07. The summed E-state index contributed by atoms with van der Waals surface area (Å²) in [5.41, 5.74) is 0. The van der Waals surface area contributed by atoms with Gasteiger partial charge in [0.15, 0.2) is 5.76 Å². The maximum Gasteiger partial charge on any atom is 0.287 e. The van der Waals surface area contributed by atoms with Gasteiger partial charge in [-0.2, -0.15) is 0 Å². The largest absolute Gasteiger partial charge is 0.455 e. The molecule has 1 fully saturated rings. The van der Waals surface area contributed by atoms with E-state index >= 15 is 0 Å². The molecule has 25 heavy (non-hydrogen) atoms. The summed E-state index contributed by atoms with van der Waals surface area (Å²) in [6.45, 7) is 11.8. The smallest absolute Gasteiger partial charge is 0.287 e. The lowest BCUT2D eigenvalue weighted by molar-refractivity contribution is -0.137. The second-order valence-electron chi connectivity index (χ2n) is 6.35. The molecular weight excluding hydrogens is 318 g/mol. The SMILES string of the molecule is C=CCNC(=O)c1ccc(CN2CCC[C@@H](C(=O)N(CC)CC)C2)o1. The Hall–Kier alpha value is -2.08. The molecule has 1 N–H and O–H groups in total. The number of carbonyl (C=O) groups excluding carboxylic acids is 2. The molecule has 2 heterocycles. The monoisotopic (exact) mass is 347 g/mol. The van der Waals surface area contributed by atoms with E-state index in [1.54, 1.807) is 12.1 Å². The Labute approximate surface area is 149 Å². The molecule has 138 valence electrons. The van der Waals surface area contributed by atoms with Crippen molar-refractivity contribution in [2.45, 2.75) is 33.2 Å². The first-order chi connectivity index (χ1) is 12.1. The number of nitrogens with one attached hydrogen (secondary N) is 1. The fraction of sp³-hybridized carbons (Fsp3) is 0.579. The zero-order chi connectivity index (χ0) is 18.2. The van der Waals surface area contributed by atoms with Crippen LogP contribution in [0.3, 0.4) is 0 Å². The molecular formula is C19H29N3O3. The van der Waals surface area contributed by atoms with Crippen molar-refractivity contribution in [3.8, 4) is 0 Å². The van der Waals surface area contributed by atoms with Crippen LogP contribution in [-0.4, -0.2) is 54.3 Å². The Morgan fingerprint density at radius 2 is 2.16 bits per heavy atom. The number of nitrogens with zero attached hydrogens (tertiary/aromatic N) is 2. The predicted molar refractivity (Wildman–Crippen MR) is 97.2 cm³/mol. The number of rotatable bonds is 8. The lowest BCUT2D eigenvalue weighted by Gasteiger charge is -2.34. The number of hydrogen-bond donors (Lipinski definition) is 1. The lowest BCUT2D eigenvalue weighted by atomic mass is 9.96. The van der Waals surface area contributed by atoms with Crippen LogP contribution in [0.2, 0.25) is 0 Å². The maximum absolute atomic E-state index is 12.6. The van der Waals surface area contributed by atoms with Gasteiger partial charge in [-0.15, -0.1) is 6.58 Å². The first-order valence-corrected chi connectivity index (χ1v) is 9.07.